The van der Waals surface area contributed by atoms with Crippen LogP contribution in [0.15, 0.2) is 53.5 Å². The number of hydrogen-bond acceptors (Lipinski definition) is 6. The Morgan fingerprint density at radius 1 is 0.956 bits per heavy atom. The fourth-order valence-corrected chi connectivity index (χ4v) is 6.95. The minimum Gasteiger partial charge on any atom is -0.493 e. The minimum absolute atomic E-state index is 0.0315. The van der Waals surface area contributed by atoms with E-state index in [9.17, 15) is 22.8 Å². The first-order valence-corrected chi connectivity index (χ1v) is 16.6. The number of amides is 2. The SMILES string of the molecule is Cc1cc2ccc1CCSN1CCC3(CC1)N=C(NC3=O)c1cc(cc(C(F)(F)F)c1)OCC/C=C\CCCCCN(C)C2=O. The van der Waals surface area contributed by atoms with E-state index in [-0.39, 0.29) is 35.6 Å². The number of allylic oxidation sites excluding steroid dienone is 1. The number of ether oxygens (including phenoxy) is 1. The van der Waals surface area contributed by atoms with Crippen LogP contribution >= 0.6 is 11.9 Å². The molecular formula is C34H41F3N4O3S. The Balaban J connectivity index is 1.33. The number of piperidine rings is 1. The quantitative estimate of drug-likeness (QED) is 0.260. The van der Waals surface area contributed by atoms with E-state index in [2.05, 4.69) is 15.7 Å². The molecule has 7 rings (SSSR count). The maximum absolute atomic E-state index is 13.8. The predicted molar refractivity (Wildman–Crippen MR) is 172 cm³/mol. The second kappa shape index (κ2) is 14.4. The van der Waals surface area contributed by atoms with Crippen molar-refractivity contribution in [3.8, 4) is 5.75 Å². The van der Waals surface area contributed by atoms with E-state index in [1.54, 1.807) is 16.8 Å². The topological polar surface area (TPSA) is 74.2 Å². The summed E-state index contributed by atoms with van der Waals surface area (Å²) in [4.78, 5) is 32.6. The van der Waals surface area contributed by atoms with Crippen LogP contribution in [0, 0.1) is 6.92 Å². The molecule has 0 aliphatic carbocycles. The van der Waals surface area contributed by atoms with Gasteiger partial charge in [0.1, 0.15) is 17.1 Å². The van der Waals surface area contributed by atoms with E-state index >= 15 is 0 Å². The highest BCUT2D eigenvalue weighted by molar-refractivity contribution is 7.97. The molecule has 11 heteroatoms. The lowest BCUT2D eigenvalue weighted by Gasteiger charge is -2.34. The molecule has 0 radical (unpaired) electrons. The summed E-state index contributed by atoms with van der Waals surface area (Å²) in [5, 5.41) is 2.77. The molecule has 2 aromatic rings. The Kier molecular flexibility index (Phi) is 10.6. The monoisotopic (exact) mass is 642 g/mol. The van der Waals surface area contributed by atoms with E-state index in [4.69, 9.17) is 9.73 Å². The molecule has 7 nitrogen and oxygen atoms in total. The van der Waals surface area contributed by atoms with Crippen molar-refractivity contribution >= 4 is 29.6 Å². The molecule has 0 atom stereocenters. The summed E-state index contributed by atoms with van der Waals surface area (Å²) in [6.45, 7) is 4.23. The Hall–Kier alpha value is -3.31. The molecule has 5 heterocycles. The van der Waals surface area contributed by atoms with Crippen molar-refractivity contribution in [2.75, 3.05) is 39.0 Å². The van der Waals surface area contributed by atoms with E-state index in [0.717, 1.165) is 55.6 Å². The highest BCUT2D eigenvalue weighted by Crippen LogP contribution is 2.36. The van der Waals surface area contributed by atoms with Crippen molar-refractivity contribution in [2.45, 2.75) is 70.0 Å². The number of nitrogens with one attached hydrogen (secondary N) is 1. The lowest BCUT2D eigenvalue weighted by molar-refractivity contribution is -0.137. The maximum Gasteiger partial charge on any atom is 0.416 e. The van der Waals surface area contributed by atoms with Crippen molar-refractivity contribution in [3.63, 3.8) is 0 Å². The highest BCUT2D eigenvalue weighted by Gasteiger charge is 2.46. The number of rotatable bonds is 0. The van der Waals surface area contributed by atoms with Crippen molar-refractivity contribution in [3.05, 3.63) is 76.4 Å². The summed E-state index contributed by atoms with van der Waals surface area (Å²) in [7, 11) is 1.85. The third kappa shape index (κ3) is 8.30. The molecule has 1 fully saturated rings. The lowest BCUT2D eigenvalue weighted by Crippen LogP contribution is -2.47. The Morgan fingerprint density at radius 3 is 2.49 bits per heavy atom. The van der Waals surface area contributed by atoms with Crippen LogP contribution < -0.4 is 10.1 Å². The maximum atomic E-state index is 13.8. The van der Waals surface area contributed by atoms with Gasteiger partial charge in [-0.3, -0.25) is 18.9 Å². The second-order valence-corrected chi connectivity index (χ2v) is 13.2. The molecule has 7 bridgehead atoms. The van der Waals surface area contributed by atoms with Gasteiger partial charge < -0.3 is 15.0 Å². The smallest absolute Gasteiger partial charge is 0.416 e. The zero-order chi connectivity index (χ0) is 32.0. The van der Waals surface area contributed by atoms with E-state index in [1.165, 1.54) is 11.6 Å². The predicted octanol–water partition coefficient (Wildman–Crippen LogP) is 6.59. The Labute approximate surface area is 267 Å². The van der Waals surface area contributed by atoms with Gasteiger partial charge in [0.2, 0.25) is 0 Å². The van der Waals surface area contributed by atoms with Crippen LogP contribution in [0.2, 0.25) is 0 Å². The molecule has 242 valence electrons. The Morgan fingerprint density at radius 2 is 1.73 bits per heavy atom. The molecule has 1 saturated heterocycles. The van der Waals surface area contributed by atoms with Crippen LogP contribution in [0.3, 0.4) is 0 Å². The van der Waals surface area contributed by atoms with Gasteiger partial charge in [0.25, 0.3) is 11.8 Å². The first-order valence-electron chi connectivity index (χ1n) is 15.7. The van der Waals surface area contributed by atoms with Gasteiger partial charge in [0.05, 0.1) is 12.2 Å². The van der Waals surface area contributed by atoms with Gasteiger partial charge in [0.15, 0.2) is 0 Å². The van der Waals surface area contributed by atoms with E-state index < -0.39 is 17.3 Å². The van der Waals surface area contributed by atoms with Gasteiger partial charge in [-0.2, -0.15) is 13.2 Å². The minimum atomic E-state index is -4.57. The van der Waals surface area contributed by atoms with Gasteiger partial charge in [-0.1, -0.05) is 36.6 Å². The summed E-state index contributed by atoms with van der Waals surface area (Å²) in [6.07, 6.45) is 5.57. The average Bonchev–Trinajstić information content (AvgIpc) is 3.33. The highest BCUT2D eigenvalue weighted by atomic mass is 32.2. The van der Waals surface area contributed by atoms with Crippen molar-refractivity contribution in [1.29, 1.82) is 0 Å². The van der Waals surface area contributed by atoms with Gasteiger partial charge >= 0.3 is 6.18 Å². The fraction of sp³-hybridized carbons (Fsp3) is 0.500. The molecular weight excluding hydrogens is 601 g/mol. The number of nitrogens with zero attached hydrogens (tertiary/aromatic N) is 3. The lowest BCUT2D eigenvalue weighted by atomic mass is 9.89. The summed E-state index contributed by atoms with van der Waals surface area (Å²) in [5.74, 6) is 0.864. The van der Waals surface area contributed by atoms with E-state index in [0.29, 0.717) is 44.5 Å². The largest absolute Gasteiger partial charge is 0.493 e. The van der Waals surface area contributed by atoms with Gasteiger partial charge in [0, 0.05) is 43.6 Å². The number of fused-ring (bicyclic) bond motifs is 2. The number of aryl methyl sites for hydroxylation is 2. The molecule has 45 heavy (non-hydrogen) atoms. The first kappa shape index (κ1) is 33.1. The zero-order valence-electron chi connectivity index (χ0n) is 25.9. The summed E-state index contributed by atoms with van der Waals surface area (Å²) in [5.41, 5.74) is 1.37. The number of carbonyl (C=O) groups is 2. The first-order chi connectivity index (χ1) is 21.5. The number of alkyl halides is 3. The average molecular weight is 643 g/mol. The van der Waals surface area contributed by atoms with Crippen molar-refractivity contribution in [2.24, 2.45) is 4.99 Å². The molecule has 2 aromatic carbocycles. The van der Waals surface area contributed by atoms with Crippen LogP contribution in [0.1, 0.15) is 77.6 Å². The number of benzene rings is 2. The number of halogens is 3. The fourth-order valence-electron chi connectivity index (χ4n) is 5.94. The molecule has 0 unspecified atom stereocenters. The summed E-state index contributed by atoms with van der Waals surface area (Å²) in [6, 6.07) is 9.49. The third-order valence-electron chi connectivity index (χ3n) is 8.70. The zero-order valence-corrected chi connectivity index (χ0v) is 26.7. The standard InChI is InChI=1S/C34H41F3N4O3S/c1-24-20-26-11-10-25(24)12-19-45-41-16-13-33(14-17-41)32(43)38-30(39-33)27-21-28(34(35,36)37)23-29(22-27)44-18-9-7-5-3-4-6-8-15-40(2)31(26)42/h5,7,10-11,20-23H,3-4,6,8-9,12-19H2,1-2H3,(H,38,39,43)/b7-5-. The van der Waals surface area contributed by atoms with Gasteiger partial charge in [-0.25, -0.2) is 0 Å². The molecule has 0 saturated carbocycles. The Bertz CT molecular complexity index is 1450. The van der Waals surface area contributed by atoms with Crippen LogP contribution in [0.4, 0.5) is 13.2 Å². The molecule has 2 amide bonds. The number of aliphatic imine (C=N–C) groups is 1. The molecule has 5 aliphatic rings. The van der Waals surface area contributed by atoms with E-state index in [1.807, 2.05) is 38.2 Å². The summed E-state index contributed by atoms with van der Waals surface area (Å²) < 4.78 is 49.3. The normalized spacial score (nSPS) is 24.8. The molecule has 1 N–H and O–H groups in total. The van der Waals surface area contributed by atoms with Gasteiger partial charge in [-0.15, -0.1) is 0 Å². The molecule has 0 aromatic heterocycles. The molecule has 1 spiro atoms. The van der Waals surface area contributed by atoms with Crippen LogP contribution in [0.25, 0.3) is 0 Å². The number of hydrogen-bond donors (Lipinski definition) is 1. The number of carbonyl (C=O) groups excluding carboxylic acids is 2. The molecule has 5 aliphatic heterocycles. The second-order valence-electron chi connectivity index (χ2n) is 12.0. The number of amidine groups is 1. The van der Waals surface area contributed by atoms with Crippen LogP contribution in [-0.4, -0.2) is 71.4 Å². The van der Waals surface area contributed by atoms with Gasteiger partial charge in [-0.05, 0) is 93.3 Å². The third-order valence-corrected chi connectivity index (χ3v) is 9.82. The van der Waals surface area contributed by atoms with Crippen molar-refractivity contribution in [1.82, 2.24) is 14.5 Å². The van der Waals surface area contributed by atoms with Crippen molar-refractivity contribution < 1.29 is 27.5 Å². The van der Waals surface area contributed by atoms with Crippen LogP contribution in [-0.2, 0) is 17.4 Å². The van der Waals surface area contributed by atoms with Crippen LogP contribution in [0.5, 0.6) is 5.75 Å². The summed E-state index contributed by atoms with van der Waals surface area (Å²) >= 11 is 1.72.